The first-order valence-corrected chi connectivity index (χ1v) is 11.5. The molecular formula is C22H24N4O5S. The van der Waals surface area contributed by atoms with Gasteiger partial charge in [-0.1, -0.05) is 12.1 Å². The number of benzene rings is 2. The van der Waals surface area contributed by atoms with Crippen LogP contribution in [0.1, 0.15) is 16.1 Å². The van der Waals surface area contributed by atoms with Crippen LogP contribution in [-0.2, 0) is 21.3 Å². The Balaban J connectivity index is 1.42. The summed E-state index contributed by atoms with van der Waals surface area (Å²) in [6, 6.07) is 13.9. The van der Waals surface area contributed by atoms with Gasteiger partial charge in [0.25, 0.3) is 5.91 Å². The summed E-state index contributed by atoms with van der Waals surface area (Å²) in [4.78, 5) is 16.9. The molecular weight excluding hydrogens is 432 g/mol. The zero-order chi connectivity index (χ0) is 22.6. The van der Waals surface area contributed by atoms with Crippen molar-refractivity contribution < 1.29 is 22.7 Å². The largest absolute Gasteiger partial charge is 0.497 e. The van der Waals surface area contributed by atoms with E-state index >= 15 is 0 Å². The van der Waals surface area contributed by atoms with Crippen molar-refractivity contribution in [2.75, 3.05) is 33.4 Å². The summed E-state index contributed by atoms with van der Waals surface area (Å²) in [7, 11) is -1.96. The molecule has 1 aromatic heterocycles. The number of imidazole rings is 1. The number of ether oxygens (including phenoxy) is 2. The number of rotatable bonds is 7. The number of methoxy groups -OCH3 is 1. The van der Waals surface area contributed by atoms with Gasteiger partial charge in [-0.3, -0.25) is 4.79 Å². The van der Waals surface area contributed by atoms with E-state index in [-0.39, 0.29) is 16.5 Å². The molecule has 0 radical (unpaired) electrons. The molecule has 2 heterocycles. The fourth-order valence-corrected chi connectivity index (χ4v) is 4.77. The Labute approximate surface area is 186 Å². The lowest BCUT2D eigenvalue weighted by atomic mass is 10.2. The SMILES string of the molecule is COc1cccc(CNC(=O)c2cn(-c3ccc(S(=O)(=O)N4CCOCC4)cc3)cn2)c1. The van der Waals surface area contributed by atoms with Crippen molar-refractivity contribution >= 4 is 15.9 Å². The molecule has 0 bridgehead atoms. The van der Waals surface area contributed by atoms with Gasteiger partial charge in [0.15, 0.2) is 0 Å². The molecule has 3 aromatic rings. The Morgan fingerprint density at radius 3 is 2.62 bits per heavy atom. The van der Waals surface area contributed by atoms with Crippen molar-refractivity contribution in [3.8, 4) is 11.4 Å². The summed E-state index contributed by atoms with van der Waals surface area (Å²) in [6.45, 7) is 1.83. The third-order valence-electron chi connectivity index (χ3n) is 5.15. The molecule has 0 unspecified atom stereocenters. The van der Waals surface area contributed by atoms with Gasteiger partial charge < -0.3 is 19.4 Å². The molecule has 2 aromatic carbocycles. The monoisotopic (exact) mass is 456 g/mol. The Hall–Kier alpha value is -3.21. The van der Waals surface area contributed by atoms with Gasteiger partial charge >= 0.3 is 0 Å². The van der Waals surface area contributed by atoms with Crippen LogP contribution >= 0.6 is 0 Å². The predicted octanol–water partition coefficient (Wildman–Crippen LogP) is 1.83. The van der Waals surface area contributed by atoms with E-state index in [4.69, 9.17) is 9.47 Å². The lowest BCUT2D eigenvalue weighted by Gasteiger charge is -2.26. The second-order valence-electron chi connectivity index (χ2n) is 7.21. The standard InChI is InChI=1S/C22H24N4O5S/c1-30-19-4-2-3-17(13-19)14-23-22(27)21-15-25(16-24-21)18-5-7-20(8-6-18)32(28,29)26-9-11-31-12-10-26/h2-8,13,15-16H,9-12,14H2,1H3,(H,23,27). The molecule has 1 N–H and O–H groups in total. The van der Waals surface area contributed by atoms with E-state index in [1.54, 1.807) is 42.1 Å². The fraction of sp³-hybridized carbons (Fsp3) is 0.273. The maximum atomic E-state index is 12.7. The summed E-state index contributed by atoms with van der Waals surface area (Å²) in [5.74, 6) is 0.415. The van der Waals surface area contributed by atoms with Gasteiger partial charge in [-0.25, -0.2) is 13.4 Å². The Kier molecular flexibility index (Phi) is 6.54. The molecule has 1 amide bonds. The highest BCUT2D eigenvalue weighted by atomic mass is 32.2. The maximum absolute atomic E-state index is 12.7. The van der Waals surface area contributed by atoms with E-state index in [2.05, 4.69) is 10.3 Å². The van der Waals surface area contributed by atoms with Gasteiger partial charge in [0.05, 0.1) is 25.2 Å². The molecule has 0 spiro atoms. The van der Waals surface area contributed by atoms with Crippen LogP contribution in [0.2, 0.25) is 0 Å². The molecule has 1 saturated heterocycles. The van der Waals surface area contributed by atoms with Crippen molar-refractivity contribution in [1.82, 2.24) is 19.2 Å². The number of hydrogen-bond acceptors (Lipinski definition) is 6. The Morgan fingerprint density at radius 2 is 1.91 bits per heavy atom. The van der Waals surface area contributed by atoms with E-state index in [0.717, 1.165) is 11.3 Å². The lowest BCUT2D eigenvalue weighted by molar-refractivity contribution is 0.0730. The number of nitrogens with zero attached hydrogens (tertiary/aromatic N) is 3. The molecule has 1 aliphatic rings. The van der Waals surface area contributed by atoms with Gasteiger partial charge in [0.2, 0.25) is 10.0 Å². The number of carbonyl (C=O) groups is 1. The highest BCUT2D eigenvalue weighted by Crippen LogP contribution is 2.19. The van der Waals surface area contributed by atoms with Gasteiger partial charge in [-0.2, -0.15) is 4.31 Å². The third kappa shape index (κ3) is 4.82. The number of aromatic nitrogens is 2. The molecule has 1 fully saturated rings. The molecule has 168 valence electrons. The number of sulfonamides is 1. The minimum absolute atomic E-state index is 0.222. The van der Waals surface area contributed by atoms with Crippen LogP contribution in [0.15, 0.2) is 66.0 Å². The van der Waals surface area contributed by atoms with Crippen LogP contribution in [0.3, 0.4) is 0 Å². The smallest absolute Gasteiger partial charge is 0.271 e. The summed E-state index contributed by atoms with van der Waals surface area (Å²) >= 11 is 0. The topological polar surface area (TPSA) is 103 Å². The number of amides is 1. The molecule has 0 aliphatic carbocycles. The molecule has 9 nitrogen and oxygen atoms in total. The van der Waals surface area contributed by atoms with E-state index in [1.807, 2.05) is 24.3 Å². The van der Waals surface area contributed by atoms with E-state index < -0.39 is 10.0 Å². The van der Waals surface area contributed by atoms with E-state index in [0.29, 0.717) is 38.5 Å². The first-order valence-electron chi connectivity index (χ1n) is 10.1. The molecule has 0 atom stereocenters. The number of carbonyl (C=O) groups excluding carboxylic acids is 1. The van der Waals surface area contributed by atoms with Crippen LogP contribution in [0.25, 0.3) is 5.69 Å². The van der Waals surface area contributed by atoms with Crippen molar-refractivity contribution in [3.63, 3.8) is 0 Å². The molecule has 32 heavy (non-hydrogen) atoms. The van der Waals surface area contributed by atoms with Gasteiger partial charge in [0.1, 0.15) is 17.8 Å². The van der Waals surface area contributed by atoms with Crippen LogP contribution in [0.5, 0.6) is 5.75 Å². The zero-order valence-corrected chi connectivity index (χ0v) is 18.4. The Bertz CT molecular complexity index is 1190. The normalized spacial score (nSPS) is 14.8. The second kappa shape index (κ2) is 9.51. The third-order valence-corrected chi connectivity index (χ3v) is 7.06. The first-order chi connectivity index (χ1) is 15.5. The molecule has 10 heteroatoms. The fourth-order valence-electron chi connectivity index (χ4n) is 3.36. The van der Waals surface area contributed by atoms with Gasteiger partial charge in [-0.05, 0) is 42.0 Å². The van der Waals surface area contributed by atoms with Crippen molar-refractivity contribution in [2.24, 2.45) is 0 Å². The summed E-state index contributed by atoms with van der Waals surface area (Å²) in [5.41, 5.74) is 1.87. The highest BCUT2D eigenvalue weighted by molar-refractivity contribution is 7.89. The predicted molar refractivity (Wildman–Crippen MR) is 117 cm³/mol. The van der Waals surface area contributed by atoms with Gasteiger partial charge in [-0.15, -0.1) is 0 Å². The van der Waals surface area contributed by atoms with E-state index in [9.17, 15) is 13.2 Å². The number of hydrogen-bond donors (Lipinski definition) is 1. The molecule has 4 rings (SSSR count). The first kappa shape index (κ1) is 22.0. The van der Waals surface area contributed by atoms with Crippen LogP contribution in [-0.4, -0.2) is 61.6 Å². The average molecular weight is 457 g/mol. The molecule has 0 saturated carbocycles. The quantitative estimate of drug-likeness (QED) is 0.582. The lowest BCUT2D eigenvalue weighted by Crippen LogP contribution is -2.40. The summed E-state index contributed by atoms with van der Waals surface area (Å²) < 4.78 is 39.0. The van der Waals surface area contributed by atoms with Gasteiger partial charge in [0, 0.05) is 31.5 Å². The van der Waals surface area contributed by atoms with Crippen LogP contribution in [0.4, 0.5) is 0 Å². The van der Waals surface area contributed by atoms with Crippen molar-refractivity contribution in [2.45, 2.75) is 11.4 Å². The van der Waals surface area contributed by atoms with Crippen LogP contribution in [0, 0.1) is 0 Å². The molecule has 1 aliphatic heterocycles. The number of nitrogens with one attached hydrogen (secondary N) is 1. The van der Waals surface area contributed by atoms with Crippen LogP contribution < -0.4 is 10.1 Å². The maximum Gasteiger partial charge on any atom is 0.271 e. The minimum atomic E-state index is -3.55. The Morgan fingerprint density at radius 1 is 1.16 bits per heavy atom. The van der Waals surface area contributed by atoms with E-state index in [1.165, 1.54) is 10.6 Å². The van der Waals surface area contributed by atoms with Crippen molar-refractivity contribution in [1.29, 1.82) is 0 Å². The second-order valence-corrected chi connectivity index (χ2v) is 9.15. The average Bonchev–Trinajstić information content (AvgIpc) is 3.34. The summed E-state index contributed by atoms with van der Waals surface area (Å²) in [6.07, 6.45) is 3.12. The minimum Gasteiger partial charge on any atom is -0.497 e. The highest BCUT2D eigenvalue weighted by Gasteiger charge is 2.26. The zero-order valence-electron chi connectivity index (χ0n) is 17.6. The summed E-state index contributed by atoms with van der Waals surface area (Å²) in [5, 5.41) is 2.83. The number of morpholine rings is 1. The van der Waals surface area contributed by atoms with Crippen molar-refractivity contribution in [3.05, 3.63) is 72.3 Å².